The summed E-state index contributed by atoms with van der Waals surface area (Å²) in [5, 5.41) is 0. The first kappa shape index (κ1) is 10.0. The van der Waals surface area contributed by atoms with Crippen molar-refractivity contribution in [3.8, 4) is 0 Å². The molecule has 0 amide bonds. The molecule has 0 saturated carbocycles. The molecule has 2 heteroatoms. The highest BCUT2D eigenvalue weighted by Crippen LogP contribution is 2.21. The molecule has 1 heterocycles. The Bertz CT molecular complexity index is 110. The number of hydrogen-bond donors (Lipinski definition) is 0. The van der Waals surface area contributed by atoms with Crippen LogP contribution >= 0.6 is 0 Å². The summed E-state index contributed by atoms with van der Waals surface area (Å²) in [6.07, 6.45) is 5.00. The van der Waals surface area contributed by atoms with E-state index < -0.39 is 0 Å². The molecular weight excluding hydrogens is 152 g/mol. The smallest absolute Gasteiger partial charge is 0.0858 e. The van der Waals surface area contributed by atoms with Crippen molar-refractivity contribution in [3.63, 3.8) is 0 Å². The van der Waals surface area contributed by atoms with Crippen LogP contribution in [0.1, 0.15) is 32.6 Å². The predicted octanol–water partition coefficient (Wildman–Crippen LogP) is 2.18. The van der Waals surface area contributed by atoms with Gasteiger partial charge in [-0.2, -0.15) is 0 Å². The third kappa shape index (κ3) is 2.76. The molecule has 1 rings (SSSR count). The Morgan fingerprint density at radius 1 is 1.67 bits per heavy atom. The van der Waals surface area contributed by atoms with Gasteiger partial charge in [0.15, 0.2) is 0 Å². The summed E-state index contributed by atoms with van der Waals surface area (Å²) in [4.78, 5) is 0. The second-order valence-corrected chi connectivity index (χ2v) is 3.25. The van der Waals surface area contributed by atoms with Crippen molar-refractivity contribution in [1.82, 2.24) is 0 Å². The first-order chi connectivity index (χ1) is 5.88. The van der Waals surface area contributed by atoms with Gasteiger partial charge < -0.3 is 9.47 Å². The topological polar surface area (TPSA) is 18.5 Å². The maximum atomic E-state index is 5.65. The lowest BCUT2D eigenvalue weighted by molar-refractivity contribution is -0.139. The van der Waals surface area contributed by atoms with E-state index in [1.807, 2.05) is 0 Å². The molecule has 2 nitrogen and oxygen atoms in total. The third-order valence-electron chi connectivity index (χ3n) is 2.20. The van der Waals surface area contributed by atoms with Crippen LogP contribution in [0.5, 0.6) is 0 Å². The molecule has 2 unspecified atom stereocenters. The van der Waals surface area contributed by atoms with Crippen molar-refractivity contribution in [1.29, 1.82) is 0 Å². The van der Waals surface area contributed by atoms with Gasteiger partial charge in [-0.25, -0.2) is 0 Å². The SMILES string of the molecule is [CH2]CCOC(CCC)C1CCO1. The molecule has 0 aromatic heterocycles. The molecule has 2 atom stereocenters. The largest absolute Gasteiger partial charge is 0.376 e. The van der Waals surface area contributed by atoms with Crippen molar-refractivity contribution >= 4 is 0 Å². The Balaban J connectivity index is 2.17. The van der Waals surface area contributed by atoms with Crippen LogP contribution in [-0.4, -0.2) is 25.4 Å². The van der Waals surface area contributed by atoms with Crippen LogP contribution in [0, 0.1) is 6.92 Å². The fourth-order valence-electron chi connectivity index (χ4n) is 1.44. The average Bonchev–Trinajstić information content (AvgIpc) is 1.97. The molecular formula is C10H19O2. The molecule has 1 fully saturated rings. The molecule has 0 N–H and O–H groups in total. The quantitative estimate of drug-likeness (QED) is 0.610. The summed E-state index contributed by atoms with van der Waals surface area (Å²) in [7, 11) is 0. The Hall–Kier alpha value is -0.0800. The van der Waals surface area contributed by atoms with Gasteiger partial charge in [-0.3, -0.25) is 0 Å². The summed E-state index contributed by atoms with van der Waals surface area (Å²) in [5.74, 6) is 0. The second-order valence-electron chi connectivity index (χ2n) is 3.25. The first-order valence-corrected chi connectivity index (χ1v) is 4.91. The van der Waals surface area contributed by atoms with Crippen molar-refractivity contribution < 1.29 is 9.47 Å². The van der Waals surface area contributed by atoms with E-state index in [2.05, 4.69) is 13.8 Å². The minimum atomic E-state index is 0.325. The van der Waals surface area contributed by atoms with Crippen LogP contribution in [0.4, 0.5) is 0 Å². The van der Waals surface area contributed by atoms with Gasteiger partial charge in [-0.15, -0.1) is 0 Å². The van der Waals surface area contributed by atoms with Gasteiger partial charge in [0.25, 0.3) is 0 Å². The molecule has 1 aliphatic rings. The molecule has 0 aromatic rings. The van der Waals surface area contributed by atoms with Crippen molar-refractivity contribution in [2.24, 2.45) is 0 Å². The highest BCUT2D eigenvalue weighted by molar-refractivity contribution is 4.76. The van der Waals surface area contributed by atoms with E-state index >= 15 is 0 Å². The zero-order valence-electron chi connectivity index (χ0n) is 7.92. The molecule has 1 aliphatic heterocycles. The maximum absolute atomic E-state index is 5.65. The molecule has 71 valence electrons. The van der Waals surface area contributed by atoms with Gasteiger partial charge in [0.05, 0.1) is 12.2 Å². The highest BCUT2D eigenvalue weighted by Gasteiger charge is 2.27. The van der Waals surface area contributed by atoms with E-state index in [0.717, 1.165) is 26.1 Å². The normalized spacial score (nSPS) is 25.0. The number of ether oxygens (including phenoxy) is 2. The maximum Gasteiger partial charge on any atom is 0.0858 e. The minimum absolute atomic E-state index is 0.325. The lowest BCUT2D eigenvalue weighted by Gasteiger charge is -2.33. The van der Waals surface area contributed by atoms with Gasteiger partial charge >= 0.3 is 0 Å². The standard InChI is InChI=1S/C10H19O2/c1-3-5-9(11-7-4-2)10-6-8-12-10/h9-10H,2-8H2,1H3. The number of rotatable bonds is 6. The second kappa shape index (κ2) is 5.55. The molecule has 1 saturated heterocycles. The van der Waals surface area contributed by atoms with Gasteiger partial charge in [-0.05, 0) is 19.3 Å². The fourth-order valence-corrected chi connectivity index (χ4v) is 1.44. The minimum Gasteiger partial charge on any atom is -0.376 e. The van der Waals surface area contributed by atoms with Crippen LogP contribution in [0.2, 0.25) is 0 Å². The van der Waals surface area contributed by atoms with Crippen LogP contribution in [0.25, 0.3) is 0 Å². The van der Waals surface area contributed by atoms with Crippen LogP contribution < -0.4 is 0 Å². The summed E-state index contributed by atoms with van der Waals surface area (Å²) >= 11 is 0. The molecule has 1 radical (unpaired) electrons. The van der Waals surface area contributed by atoms with E-state index in [9.17, 15) is 0 Å². The summed E-state index contributed by atoms with van der Waals surface area (Å²) < 4.78 is 11.0. The Morgan fingerprint density at radius 2 is 2.42 bits per heavy atom. The predicted molar refractivity (Wildman–Crippen MR) is 49.0 cm³/mol. The summed E-state index contributed by atoms with van der Waals surface area (Å²) in [5.41, 5.74) is 0. The fraction of sp³-hybridized carbons (Fsp3) is 0.900. The van der Waals surface area contributed by atoms with Crippen molar-refractivity contribution in [2.45, 2.75) is 44.8 Å². The lowest BCUT2D eigenvalue weighted by Crippen LogP contribution is -2.40. The van der Waals surface area contributed by atoms with E-state index in [0.29, 0.717) is 12.2 Å². The molecule has 12 heavy (non-hydrogen) atoms. The highest BCUT2D eigenvalue weighted by atomic mass is 16.6. The molecule has 0 aromatic carbocycles. The molecule has 0 aliphatic carbocycles. The van der Waals surface area contributed by atoms with E-state index in [1.165, 1.54) is 12.8 Å². The van der Waals surface area contributed by atoms with E-state index in [4.69, 9.17) is 9.47 Å². The van der Waals surface area contributed by atoms with Gasteiger partial charge in [0.1, 0.15) is 0 Å². The van der Waals surface area contributed by atoms with E-state index in [-0.39, 0.29) is 0 Å². The van der Waals surface area contributed by atoms with E-state index in [1.54, 1.807) is 0 Å². The van der Waals surface area contributed by atoms with Crippen LogP contribution in [0.3, 0.4) is 0 Å². The number of hydrogen-bond acceptors (Lipinski definition) is 2. The van der Waals surface area contributed by atoms with Crippen molar-refractivity contribution in [2.75, 3.05) is 13.2 Å². The lowest BCUT2D eigenvalue weighted by atomic mass is 10.0. The summed E-state index contributed by atoms with van der Waals surface area (Å²) in [6, 6.07) is 0. The van der Waals surface area contributed by atoms with Gasteiger partial charge in [-0.1, -0.05) is 20.3 Å². The molecule has 0 bridgehead atoms. The van der Waals surface area contributed by atoms with Crippen molar-refractivity contribution in [3.05, 3.63) is 6.92 Å². The zero-order chi connectivity index (χ0) is 8.81. The Morgan fingerprint density at radius 3 is 2.83 bits per heavy atom. The first-order valence-electron chi connectivity index (χ1n) is 4.91. The third-order valence-corrected chi connectivity index (χ3v) is 2.20. The molecule has 0 spiro atoms. The summed E-state index contributed by atoms with van der Waals surface area (Å²) in [6.45, 7) is 7.62. The van der Waals surface area contributed by atoms with Gasteiger partial charge in [0, 0.05) is 13.2 Å². The zero-order valence-corrected chi connectivity index (χ0v) is 7.92. The Kier molecular flexibility index (Phi) is 4.62. The monoisotopic (exact) mass is 171 g/mol. The van der Waals surface area contributed by atoms with Crippen LogP contribution in [0.15, 0.2) is 0 Å². The average molecular weight is 171 g/mol. The van der Waals surface area contributed by atoms with Crippen LogP contribution in [-0.2, 0) is 9.47 Å². The van der Waals surface area contributed by atoms with Gasteiger partial charge in [0.2, 0.25) is 0 Å². The Labute approximate surface area is 75.2 Å².